The van der Waals surface area contributed by atoms with E-state index in [-0.39, 0.29) is 0 Å². The number of rotatable bonds is 1. The van der Waals surface area contributed by atoms with Crippen LogP contribution in [0.4, 0.5) is 13.6 Å². The Labute approximate surface area is 72.1 Å². The van der Waals surface area contributed by atoms with Crippen LogP contribution < -0.4 is 5.73 Å². The molecule has 1 aliphatic heterocycles. The Bertz CT molecular complexity index is 232. The maximum absolute atomic E-state index is 12.7. The molecule has 1 fully saturated rings. The second kappa shape index (κ2) is 2.82. The number of halogens is 2. The summed E-state index contributed by atoms with van der Waals surface area (Å²) in [4.78, 5) is 21.3. The quantitative estimate of drug-likeness (QED) is 0.609. The third-order valence-corrected chi connectivity index (χ3v) is 1.84. The number of hydrogen-bond donors (Lipinski definition) is 2. The molecule has 7 heteroatoms. The van der Waals surface area contributed by atoms with Crippen molar-refractivity contribution in [3.63, 3.8) is 0 Å². The van der Waals surface area contributed by atoms with Gasteiger partial charge in [-0.1, -0.05) is 0 Å². The number of hydrogen-bond acceptors (Lipinski definition) is 2. The first kappa shape index (κ1) is 9.69. The summed E-state index contributed by atoms with van der Waals surface area (Å²) in [5.74, 6) is -4.20. The topological polar surface area (TPSA) is 83.6 Å². The molecule has 1 rings (SSSR count). The number of likely N-dealkylation sites (tertiary alicyclic amines) is 1. The summed E-state index contributed by atoms with van der Waals surface area (Å²) in [6.07, 6.45) is -2.38. The van der Waals surface area contributed by atoms with Gasteiger partial charge in [-0.15, -0.1) is 0 Å². The summed E-state index contributed by atoms with van der Waals surface area (Å²) >= 11 is 0. The van der Waals surface area contributed by atoms with Crippen LogP contribution >= 0.6 is 0 Å². The molecule has 0 saturated carbocycles. The first-order valence-electron chi connectivity index (χ1n) is 3.50. The molecule has 1 heterocycles. The SMILES string of the molecule is NC(=O)[C@H]1CC(F)(F)CN1C(=O)O. The van der Waals surface area contributed by atoms with Gasteiger partial charge in [0.25, 0.3) is 5.92 Å². The van der Waals surface area contributed by atoms with E-state index < -0.39 is 36.9 Å². The minimum absolute atomic E-state index is 0.363. The monoisotopic (exact) mass is 194 g/mol. The highest BCUT2D eigenvalue weighted by Gasteiger charge is 2.49. The number of amides is 2. The van der Waals surface area contributed by atoms with Gasteiger partial charge in [0.2, 0.25) is 5.91 Å². The summed E-state index contributed by atoms with van der Waals surface area (Å²) in [5.41, 5.74) is 4.77. The maximum atomic E-state index is 12.7. The summed E-state index contributed by atoms with van der Waals surface area (Å²) in [7, 11) is 0. The first-order valence-corrected chi connectivity index (χ1v) is 3.50. The lowest BCUT2D eigenvalue weighted by Crippen LogP contribution is -2.43. The lowest BCUT2D eigenvalue weighted by Gasteiger charge is -2.16. The standard InChI is InChI=1S/C6H8F2N2O3/c7-6(8)1-3(4(9)11)10(2-6)5(12)13/h3H,1-2H2,(H2,9,11)(H,12,13)/t3-/m1/s1. The number of nitrogens with two attached hydrogens (primary N) is 1. The van der Waals surface area contributed by atoms with Crippen LogP contribution in [0.3, 0.4) is 0 Å². The number of carboxylic acid groups (broad SMARTS) is 1. The summed E-state index contributed by atoms with van der Waals surface area (Å²) in [6, 6.07) is -1.41. The predicted octanol–water partition coefficient (Wildman–Crippen LogP) is -0.141. The Morgan fingerprint density at radius 3 is 2.38 bits per heavy atom. The van der Waals surface area contributed by atoms with Crippen molar-refractivity contribution in [3.8, 4) is 0 Å². The molecule has 0 bridgehead atoms. The Balaban J connectivity index is 2.83. The first-order chi connectivity index (χ1) is 5.83. The van der Waals surface area contributed by atoms with Crippen LogP contribution in [0.25, 0.3) is 0 Å². The number of carbonyl (C=O) groups is 2. The third kappa shape index (κ3) is 1.85. The van der Waals surface area contributed by atoms with Gasteiger partial charge < -0.3 is 10.8 Å². The molecule has 1 atom stereocenters. The number of carbonyl (C=O) groups excluding carboxylic acids is 1. The molecule has 1 aliphatic rings. The zero-order valence-corrected chi connectivity index (χ0v) is 6.54. The van der Waals surface area contributed by atoms with Gasteiger partial charge in [0.1, 0.15) is 6.04 Å². The lowest BCUT2D eigenvalue weighted by atomic mass is 10.2. The highest BCUT2D eigenvalue weighted by atomic mass is 19.3. The van der Waals surface area contributed by atoms with Crippen LogP contribution in [0.1, 0.15) is 6.42 Å². The van der Waals surface area contributed by atoms with Crippen molar-refractivity contribution in [2.45, 2.75) is 18.4 Å². The molecule has 0 aromatic carbocycles. The lowest BCUT2D eigenvalue weighted by molar-refractivity contribution is -0.122. The summed E-state index contributed by atoms with van der Waals surface area (Å²) in [5, 5.41) is 8.45. The molecule has 0 radical (unpaired) electrons. The van der Waals surface area contributed by atoms with E-state index in [4.69, 9.17) is 10.8 Å². The average molecular weight is 194 g/mol. The fourth-order valence-electron chi connectivity index (χ4n) is 1.27. The van der Waals surface area contributed by atoms with Crippen molar-refractivity contribution in [1.82, 2.24) is 4.90 Å². The van der Waals surface area contributed by atoms with Crippen molar-refractivity contribution in [3.05, 3.63) is 0 Å². The molecule has 0 aromatic heterocycles. The van der Waals surface area contributed by atoms with E-state index in [0.717, 1.165) is 0 Å². The van der Waals surface area contributed by atoms with E-state index in [0.29, 0.717) is 4.90 Å². The molecule has 5 nitrogen and oxygen atoms in total. The van der Waals surface area contributed by atoms with Gasteiger partial charge in [-0.3, -0.25) is 9.69 Å². The molecule has 3 N–H and O–H groups in total. The van der Waals surface area contributed by atoms with E-state index in [2.05, 4.69) is 0 Å². The number of primary amides is 1. The molecule has 13 heavy (non-hydrogen) atoms. The average Bonchev–Trinajstić information content (AvgIpc) is 2.26. The number of nitrogens with zero attached hydrogens (tertiary/aromatic N) is 1. The molecule has 0 aliphatic carbocycles. The Kier molecular flexibility index (Phi) is 2.10. The van der Waals surface area contributed by atoms with Crippen LogP contribution in [0, 0.1) is 0 Å². The fourth-order valence-corrected chi connectivity index (χ4v) is 1.27. The van der Waals surface area contributed by atoms with Gasteiger partial charge in [-0.2, -0.15) is 0 Å². The number of alkyl halides is 2. The fraction of sp³-hybridized carbons (Fsp3) is 0.667. The van der Waals surface area contributed by atoms with Crippen molar-refractivity contribution in [1.29, 1.82) is 0 Å². The molecule has 2 amide bonds. The normalized spacial score (nSPS) is 26.0. The smallest absolute Gasteiger partial charge is 0.408 e. The van der Waals surface area contributed by atoms with Crippen molar-refractivity contribution in [2.75, 3.05) is 6.54 Å². The van der Waals surface area contributed by atoms with Gasteiger partial charge >= 0.3 is 6.09 Å². The summed E-state index contributed by atoms with van der Waals surface area (Å²) in [6.45, 7) is -0.962. The molecule has 0 spiro atoms. The van der Waals surface area contributed by atoms with E-state index in [1.54, 1.807) is 0 Å². The van der Waals surface area contributed by atoms with E-state index in [1.165, 1.54) is 0 Å². The second-order valence-electron chi connectivity index (χ2n) is 2.89. The highest BCUT2D eigenvalue weighted by molar-refractivity contribution is 5.84. The molecule has 74 valence electrons. The second-order valence-corrected chi connectivity index (χ2v) is 2.89. The van der Waals surface area contributed by atoms with Gasteiger partial charge in [0, 0.05) is 6.42 Å². The van der Waals surface area contributed by atoms with Gasteiger partial charge in [-0.25, -0.2) is 13.6 Å². The largest absolute Gasteiger partial charge is 0.465 e. The van der Waals surface area contributed by atoms with Crippen molar-refractivity contribution in [2.24, 2.45) is 5.73 Å². The maximum Gasteiger partial charge on any atom is 0.408 e. The zero-order valence-electron chi connectivity index (χ0n) is 6.54. The van der Waals surface area contributed by atoms with Crippen molar-refractivity contribution < 1.29 is 23.5 Å². The minimum atomic E-state index is -3.15. The molecular formula is C6H8F2N2O3. The van der Waals surface area contributed by atoms with Crippen LogP contribution in [0.15, 0.2) is 0 Å². The molecular weight excluding hydrogens is 186 g/mol. The Hall–Kier alpha value is -1.40. The van der Waals surface area contributed by atoms with Gasteiger partial charge in [0.15, 0.2) is 0 Å². The van der Waals surface area contributed by atoms with E-state index in [9.17, 15) is 18.4 Å². The molecule has 0 aromatic rings. The van der Waals surface area contributed by atoms with Crippen LogP contribution in [-0.2, 0) is 4.79 Å². The Morgan fingerprint density at radius 2 is 2.08 bits per heavy atom. The summed E-state index contributed by atoms with van der Waals surface area (Å²) < 4.78 is 25.3. The highest BCUT2D eigenvalue weighted by Crippen LogP contribution is 2.31. The van der Waals surface area contributed by atoms with Crippen molar-refractivity contribution >= 4 is 12.0 Å². The van der Waals surface area contributed by atoms with Crippen LogP contribution in [0.5, 0.6) is 0 Å². The van der Waals surface area contributed by atoms with Crippen LogP contribution in [-0.4, -0.2) is 40.5 Å². The zero-order chi connectivity index (χ0) is 10.2. The minimum Gasteiger partial charge on any atom is -0.465 e. The van der Waals surface area contributed by atoms with Gasteiger partial charge in [-0.05, 0) is 0 Å². The third-order valence-electron chi connectivity index (χ3n) is 1.84. The van der Waals surface area contributed by atoms with Crippen LogP contribution in [0.2, 0.25) is 0 Å². The van der Waals surface area contributed by atoms with E-state index in [1.807, 2.05) is 0 Å². The molecule has 1 saturated heterocycles. The van der Waals surface area contributed by atoms with Gasteiger partial charge in [0.05, 0.1) is 6.54 Å². The Morgan fingerprint density at radius 1 is 1.54 bits per heavy atom. The molecule has 0 unspecified atom stereocenters. The predicted molar refractivity (Wildman–Crippen MR) is 37.3 cm³/mol. The van der Waals surface area contributed by atoms with E-state index >= 15 is 0 Å².